The lowest BCUT2D eigenvalue weighted by atomic mass is 10.00. The monoisotopic (exact) mass is 506 g/mol. The molecule has 3 aromatic rings. The first-order valence-electron chi connectivity index (χ1n) is 10.00. The average Bonchev–Trinajstić information content (AvgIpc) is 2.75. The van der Waals surface area contributed by atoms with Crippen molar-refractivity contribution in [3.05, 3.63) is 72.3 Å². The number of ether oxygens (including phenoxy) is 1. The van der Waals surface area contributed by atoms with Gasteiger partial charge in [-0.25, -0.2) is 0 Å². The third kappa shape index (κ3) is 6.15. The molecule has 0 N–H and O–H groups in total. The van der Waals surface area contributed by atoms with Crippen molar-refractivity contribution < 1.29 is 29.9 Å². The van der Waals surface area contributed by atoms with Gasteiger partial charge in [-0.1, -0.05) is 60.3 Å². The quantitative estimate of drug-likeness (QED) is 0.308. The highest BCUT2D eigenvalue weighted by atomic mass is 32.2. The summed E-state index contributed by atoms with van der Waals surface area (Å²) in [5.41, 5.74) is 2.38. The van der Waals surface area contributed by atoms with Crippen molar-refractivity contribution in [2.45, 2.75) is 22.3 Å². The lowest BCUT2D eigenvalue weighted by molar-refractivity contribution is 0.174. The molecular weight excluding hydrogens is 484 g/mol. The topological polar surface area (TPSA) is 96.0 Å². The number of rotatable bonds is 8. The molecule has 0 aromatic heterocycles. The Morgan fingerprint density at radius 1 is 0.848 bits per heavy atom. The van der Waals surface area contributed by atoms with Gasteiger partial charge in [0, 0.05) is 12.0 Å². The second-order valence-electron chi connectivity index (χ2n) is 7.51. The first kappa shape index (κ1) is 23.8. The van der Waals surface area contributed by atoms with E-state index in [0.717, 1.165) is 44.9 Å². The van der Waals surface area contributed by atoms with Crippen LogP contribution in [0.25, 0.3) is 11.1 Å². The fourth-order valence-electron chi connectivity index (χ4n) is 3.44. The molecule has 0 aliphatic carbocycles. The van der Waals surface area contributed by atoms with E-state index in [1.165, 1.54) is 0 Å². The predicted molar refractivity (Wildman–Crippen MR) is 127 cm³/mol. The van der Waals surface area contributed by atoms with E-state index in [-0.39, 0.29) is 13.0 Å². The average molecular weight is 507 g/mol. The molecule has 0 saturated heterocycles. The van der Waals surface area contributed by atoms with Crippen molar-refractivity contribution in [3.63, 3.8) is 0 Å². The van der Waals surface area contributed by atoms with Crippen LogP contribution in [0.2, 0.25) is 0 Å². The maximum Gasteiger partial charge on any atom is 0.264 e. The summed E-state index contributed by atoms with van der Waals surface area (Å²) in [6, 6.07) is 21.0. The highest BCUT2D eigenvalue weighted by Gasteiger charge is 2.22. The lowest BCUT2D eigenvalue weighted by Crippen LogP contribution is -2.14. The first-order chi connectivity index (χ1) is 15.6. The molecule has 7 nitrogen and oxygen atoms in total. The van der Waals surface area contributed by atoms with E-state index >= 15 is 0 Å². The minimum absolute atomic E-state index is 0.0523. The Hall–Kier alpha value is -2.37. The van der Waals surface area contributed by atoms with Crippen LogP contribution in [0.4, 0.5) is 0 Å². The Bertz CT molecular complexity index is 1370. The Labute approximate surface area is 197 Å². The summed E-state index contributed by atoms with van der Waals surface area (Å²) >= 11 is 1.64. The minimum Gasteiger partial charge on any atom is -0.454 e. The van der Waals surface area contributed by atoms with Crippen molar-refractivity contribution in [1.29, 1.82) is 0 Å². The molecule has 1 atom stereocenters. The van der Waals surface area contributed by atoms with Crippen molar-refractivity contribution >= 4 is 32.0 Å². The summed E-state index contributed by atoms with van der Waals surface area (Å²) in [6.45, 7) is -0.197. The van der Waals surface area contributed by atoms with Gasteiger partial charge in [0.15, 0.2) is 0 Å². The Kier molecular flexibility index (Phi) is 6.83. The molecule has 0 spiro atoms. The smallest absolute Gasteiger partial charge is 0.264 e. The molecule has 3 aromatic carbocycles. The zero-order valence-corrected chi connectivity index (χ0v) is 20.4. The van der Waals surface area contributed by atoms with Gasteiger partial charge in [-0.2, -0.15) is 16.8 Å². The van der Waals surface area contributed by atoms with Crippen molar-refractivity contribution in [2.75, 3.05) is 19.1 Å². The van der Waals surface area contributed by atoms with E-state index in [1.54, 1.807) is 23.9 Å². The van der Waals surface area contributed by atoms with E-state index in [0.29, 0.717) is 5.56 Å². The van der Waals surface area contributed by atoms with Crippen LogP contribution in [-0.2, 0) is 28.6 Å². The molecule has 0 saturated carbocycles. The standard InChI is InChI=1S/C23H22O7S3/c1-32(24,25)28-15-14-19(30-33(2,26)27)17-12-10-16(11-13-17)18-6-5-9-22-23(18)29-20-7-3-4-8-21(20)31-22/h3-13,19H,14-15H2,1-2H3. The molecule has 0 bridgehead atoms. The molecule has 0 amide bonds. The number of hydrogen-bond donors (Lipinski definition) is 0. The largest absolute Gasteiger partial charge is 0.454 e. The number of benzene rings is 3. The molecule has 174 valence electrons. The van der Waals surface area contributed by atoms with Crippen molar-refractivity contribution in [3.8, 4) is 22.6 Å². The third-order valence-corrected chi connectivity index (χ3v) is 7.10. The van der Waals surface area contributed by atoms with Crippen LogP contribution < -0.4 is 4.74 Å². The van der Waals surface area contributed by atoms with Gasteiger partial charge in [0.2, 0.25) is 0 Å². The van der Waals surface area contributed by atoms with Crippen LogP contribution in [0, 0.1) is 0 Å². The predicted octanol–water partition coefficient (Wildman–Crippen LogP) is 4.99. The summed E-state index contributed by atoms with van der Waals surface area (Å²) < 4.78 is 62.1. The van der Waals surface area contributed by atoms with Gasteiger partial charge in [0.1, 0.15) is 17.6 Å². The van der Waals surface area contributed by atoms with Crippen LogP contribution in [0.15, 0.2) is 76.5 Å². The highest BCUT2D eigenvalue weighted by molar-refractivity contribution is 7.99. The SMILES string of the molecule is CS(=O)(=O)OCCC(OS(C)(=O)=O)c1ccc(-c2cccc3c2Oc2ccccc2S3)cc1. The Balaban J connectivity index is 1.60. The zero-order valence-electron chi connectivity index (χ0n) is 17.9. The lowest BCUT2D eigenvalue weighted by Gasteiger charge is -2.22. The van der Waals surface area contributed by atoms with Gasteiger partial charge in [0.05, 0.1) is 28.9 Å². The maximum atomic E-state index is 11.7. The van der Waals surface area contributed by atoms with Crippen LogP contribution in [0.1, 0.15) is 18.1 Å². The van der Waals surface area contributed by atoms with E-state index < -0.39 is 26.3 Å². The molecule has 0 fully saturated rings. The molecule has 10 heteroatoms. The highest BCUT2D eigenvalue weighted by Crippen LogP contribution is 2.50. The van der Waals surface area contributed by atoms with Gasteiger partial charge in [-0.05, 0) is 29.3 Å². The molecular formula is C23H22O7S3. The number of hydrogen-bond acceptors (Lipinski definition) is 8. The summed E-state index contributed by atoms with van der Waals surface area (Å²) in [5, 5.41) is 0. The summed E-state index contributed by atoms with van der Waals surface area (Å²) in [7, 11) is -7.41. The first-order valence-corrected chi connectivity index (χ1v) is 14.4. The summed E-state index contributed by atoms with van der Waals surface area (Å²) in [5.74, 6) is 1.56. The molecule has 33 heavy (non-hydrogen) atoms. The van der Waals surface area contributed by atoms with E-state index in [1.807, 2.05) is 54.6 Å². The normalized spacial score (nSPS) is 14.1. The van der Waals surface area contributed by atoms with Gasteiger partial charge < -0.3 is 4.74 Å². The Morgan fingerprint density at radius 2 is 1.55 bits per heavy atom. The van der Waals surface area contributed by atoms with Gasteiger partial charge in [0.25, 0.3) is 20.2 Å². The second-order valence-corrected chi connectivity index (χ2v) is 11.8. The van der Waals surface area contributed by atoms with E-state index in [2.05, 4.69) is 0 Å². The maximum absolute atomic E-state index is 11.7. The zero-order chi connectivity index (χ0) is 23.6. The van der Waals surface area contributed by atoms with Gasteiger partial charge >= 0.3 is 0 Å². The molecule has 1 heterocycles. The van der Waals surface area contributed by atoms with Crippen LogP contribution in [-0.4, -0.2) is 36.0 Å². The van der Waals surface area contributed by atoms with Crippen LogP contribution >= 0.6 is 11.8 Å². The summed E-state index contributed by atoms with van der Waals surface area (Å²) in [6.07, 6.45) is 1.07. The number of fused-ring (bicyclic) bond motifs is 2. The van der Waals surface area contributed by atoms with Crippen LogP contribution in [0.3, 0.4) is 0 Å². The fourth-order valence-corrected chi connectivity index (χ4v) is 5.45. The number of para-hydroxylation sites is 2. The fraction of sp³-hybridized carbons (Fsp3) is 0.217. The molecule has 0 radical (unpaired) electrons. The van der Waals surface area contributed by atoms with Crippen molar-refractivity contribution in [1.82, 2.24) is 0 Å². The van der Waals surface area contributed by atoms with Gasteiger partial charge in [-0.15, -0.1) is 0 Å². The third-order valence-electron chi connectivity index (χ3n) is 4.82. The minimum atomic E-state index is -3.77. The molecule has 1 aliphatic rings. The second kappa shape index (κ2) is 9.47. The van der Waals surface area contributed by atoms with Crippen LogP contribution in [0.5, 0.6) is 11.5 Å². The van der Waals surface area contributed by atoms with E-state index in [9.17, 15) is 16.8 Å². The molecule has 4 rings (SSSR count). The summed E-state index contributed by atoms with van der Waals surface area (Å²) in [4.78, 5) is 2.06. The molecule has 1 unspecified atom stereocenters. The van der Waals surface area contributed by atoms with Crippen molar-refractivity contribution in [2.24, 2.45) is 0 Å². The van der Waals surface area contributed by atoms with Gasteiger partial charge in [-0.3, -0.25) is 8.37 Å². The Morgan fingerprint density at radius 3 is 2.24 bits per heavy atom. The van der Waals surface area contributed by atoms with E-state index in [4.69, 9.17) is 13.1 Å². The molecule has 1 aliphatic heterocycles.